The molecule has 0 radical (unpaired) electrons. The fourth-order valence-corrected chi connectivity index (χ4v) is 2.81. The van der Waals surface area contributed by atoms with Crippen molar-refractivity contribution in [1.29, 1.82) is 0 Å². The standard InChI is InChI=1S/C14H24N2O4/c1-5-19-12(17)10-6-9-7-16(8-11(9)15-10)13(18)20-14(2,3)4/h9-11,15H,5-8H2,1-4H3/t9-,10+,11+/m1/s1. The molecule has 2 heterocycles. The number of nitrogens with one attached hydrogen (secondary N) is 1. The summed E-state index contributed by atoms with van der Waals surface area (Å²) in [7, 11) is 0. The number of amides is 1. The van der Waals surface area contributed by atoms with Gasteiger partial charge in [0.05, 0.1) is 6.61 Å². The third kappa shape index (κ3) is 3.42. The molecule has 0 aromatic rings. The number of nitrogens with zero attached hydrogens (tertiary/aromatic N) is 1. The van der Waals surface area contributed by atoms with Gasteiger partial charge in [-0.05, 0) is 40.0 Å². The quantitative estimate of drug-likeness (QED) is 0.770. The molecule has 20 heavy (non-hydrogen) atoms. The highest BCUT2D eigenvalue weighted by atomic mass is 16.6. The number of likely N-dealkylation sites (tertiary alicyclic amines) is 1. The van der Waals surface area contributed by atoms with Crippen LogP contribution in [-0.2, 0) is 14.3 Å². The summed E-state index contributed by atoms with van der Waals surface area (Å²) in [6.07, 6.45) is 0.449. The summed E-state index contributed by atoms with van der Waals surface area (Å²) in [5.41, 5.74) is -0.477. The normalized spacial score (nSPS) is 29.2. The Hall–Kier alpha value is -1.30. The van der Waals surface area contributed by atoms with Crippen molar-refractivity contribution >= 4 is 12.1 Å². The lowest BCUT2D eigenvalue weighted by atomic mass is 10.0. The van der Waals surface area contributed by atoms with E-state index < -0.39 is 5.60 Å². The van der Waals surface area contributed by atoms with E-state index in [2.05, 4.69) is 5.32 Å². The maximum absolute atomic E-state index is 12.0. The van der Waals surface area contributed by atoms with E-state index in [0.29, 0.717) is 25.6 Å². The largest absolute Gasteiger partial charge is 0.465 e. The van der Waals surface area contributed by atoms with Crippen LogP contribution in [0.5, 0.6) is 0 Å². The number of carbonyl (C=O) groups excluding carboxylic acids is 2. The van der Waals surface area contributed by atoms with E-state index in [1.165, 1.54) is 0 Å². The van der Waals surface area contributed by atoms with Gasteiger partial charge in [0, 0.05) is 19.1 Å². The molecule has 3 atom stereocenters. The van der Waals surface area contributed by atoms with Gasteiger partial charge in [-0.25, -0.2) is 4.79 Å². The summed E-state index contributed by atoms with van der Waals surface area (Å²) >= 11 is 0. The first-order valence-corrected chi connectivity index (χ1v) is 7.20. The fraction of sp³-hybridized carbons (Fsp3) is 0.857. The van der Waals surface area contributed by atoms with Gasteiger partial charge >= 0.3 is 12.1 Å². The summed E-state index contributed by atoms with van der Waals surface area (Å²) in [6, 6.07) is -0.0670. The highest BCUT2D eigenvalue weighted by molar-refractivity contribution is 5.76. The number of esters is 1. The van der Waals surface area contributed by atoms with Crippen molar-refractivity contribution in [2.24, 2.45) is 5.92 Å². The molecule has 0 saturated carbocycles. The molecule has 2 fully saturated rings. The molecule has 0 bridgehead atoms. The van der Waals surface area contributed by atoms with Crippen LogP contribution in [-0.4, -0.2) is 54.3 Å². The zero-order valence-electron chi connectivity index (χ0n) is 12.6. The van der Waals surface area contributed by atoms with Crippen LogP contribution in [0.4, 0.5) is 4.79 Å². The van der Waals surface area contributed by atoms with E-state index in [4.69, 9.17) is 9.47 Å². The van der Waals surface area contributed by atoms with Crippen molar-refractivity contribution < 1.29 is 19.1 Å². The number of hydrogen-bond acceptors (Lipinski definition) is 5. The van der Waals surface area contributed by atoms with Crippen molar-refractivity contribution in [1.82, 2.24) is 10.2 Å². The number of ether oxygens (including phenoxy) is 2. The van der Waals surface area contributed by atoms with Gasteiger partial charge in [-0.3, -0.25) is 10.1 Å². The Bertz CT molecular complexity index is 377. The molecule has 1 N–H and O–H groups in total. The molecule has 2 aliphatic heterocycles. The Kier molecular flexibility index (Phi) is 4.22. The Morgan fingerprint density at radius 3 is 2.55 bits per heavy atom. The fourth-order valence-electron chi connectivity index (χ4n) is 2.81. The zero-order valence-corrected chi connectivity index (χ0v) is 12.6. The SMILES string of the molecule is CCOC(=O)[C@@H]1C[C@@H]2CN(C(=O)OC(C)(C)C)C[C@@H]2N1. The molecule has 0 unspecified atom stereocenters. The molecule has 0 aliphatic carbocycles. The third-order valence-corrected chi connectivity index (χ3v) is 3.62. The maximum atomic E-state index is 12.0. The molecular weight excluding hydrogens is 260 g/mol. The molecule has 6 nitrogen and oxygen atoms in total. The van der Waals surface area contributed by atoms with Crippen LogP contribution in [0.15, 0.2) is 0 Å². The summed E-state index contributed by atoms with van der Waals surface area (Å²) < 4.78 is 10.4. The van der Waals surface area contributed by atoms with Gasteiger partial charge in [-0.2, -0.15) is 0 Å². The van der Waals surface area contributed by atoms with E-state index in [9.17, 15) is 9.59 Å². The maximum Gasteiger partial charge on any atom is 0.410 e. The lowest BCUT2D eigenvalue weighted by Gasteiger charge is -2.25. The minimum absolute atomic E-state index is 0.164. The van der Waals surface area contributed by atoms with Crippen LogP contribution >= 0.6 is 0 Å². The Morgan fingerprint density at radius 1 is 1.30 bits per heavy atom. The third-order valence-electron chi connectivity index (χ3n) is 3.62. The average molecular weight is 284 g/mol. The van der Waals surface area contributed by atoms with Crippen molar-refractivity contribution in [3.63, 3.8) is 0 Å². The van der Waals surface area contributed by atoms with Gasteiger partial charge < -0.3 is 14.4 Å². The molecule has 0 spiro atoms. The lowest BCUT2D eigenvalue weighted by molar-refractivity contribution is -0.145. The van der Waals surface area contributed by atoms with Gasteiger partial charge in [0.15, 0.2) is 0 Å². The Balaban J connectivity index is 1.85. The van der Waals surface area contributed by atoms with Crippen molar-refractivity contribution in [2.75, 3.05) is 19.7 Å². The molecule has 0 aromatic heterocycles. The van der Waals surface area contributed by atoms with Crippen LogP contribution in [0.1, 0.15) is 34.1 Å². The predicted molar refractivity (Wildman–Crippen MR) is 73.3 cm³/mol. The average Bonchev–Trinajstić information content (AvgIpc) is 2.83. The van der Waals surface area contributed by atoms with Crippen molar-refractivity contribution in [3.8, 4) is 0 Å². The second kappa shape index (κ2) is 5.60. The number of carbonyl (C=O) groups is 2. The minimum Gasteiger partial charge on any atom is -0.465 e. The van der Waals surface area contributed by atoms with Gasteiger partial charge in [0.2, 0.25) is 0 Å². The van der Waals surface area contributed by atoms with Gasteiger partial charge in [0.25, 0.3) is 0 Å². The molecule has 2 aliphatic rings. The van der Waals surface area contributed by atoms with E-state index in [1.807, 2.05) is 20.8 Å². The molecule has 6 heteroatoms. The van der Waals surface area contributed by atoms with Crippen LogP contribution in [0.3, 0.4) is 0 Å². The summed E-state index contributed by atoms with van der Waals surface area (Å²) in [4.78, 5) is 25.4. The van der Waals surface area contributed by atoms with Crippen LogP contribution in [0, 0.1) is 5.92 Å². The van der Waals surface area contributed by atoms with Crippen LogP contribution in [0.2, 0.25) is 0 Å². The smallest absolute Gasteiger partial charge is 0.410 e. The van der Waals surface area contributed by atoms with Crippen LogP contribution < -0.4 is 5.32 Å². The molecule has 0 aromatic carbocycles. The molecule has 114 valence electrons. The van der Waals surface area contributed by atoms with E-state index in [-0.39, 0.29) is 24.1 Å². The van der Waals surface area contributed by atoms with E-state index in [1.54, 1.807) is 11.8 Å². The first-order valence-electron chi connectivity index (χ1n) is 7.20. The first kappa shape index (κ1) is 15.1. The monoisotopic (exact) mass is 284 g/mol. The number of fused-ring (bicyclic) bond motifs is 1. The Labute approximate surface area is 119 Å². The topological polar surface area (TPSA) is 67.9 Å². The second-order valence-electron chi connectivity index (χ2n) is 6.46. The van der Waals surface area contributed by atoms with Gasteiger partial charge in [-0.15, -0.1) is 0 Å². The molecule has 1 amide bonds. The minimum atomic E-state index is -0.477. The molecule has 2 rings (SSSR count). The lowest BCUT2D eigenvalue weighted by Crippen LogP contribution is -2.42. The number of rotatable bonds is 2. The van der Waals surface area contributed by atoms with Crippen molar-refractivity contribution in [2.45, 2.75) is 51.8 Å². The van der Waals surface area contributed by atoms with Gasteiger partial charge in [0.1, 0.15) is 11.6 Å². The predicted octanol–water partition coefficient (Wildman–Crippen LogP) is 1.15. The van der Waals surface area contributed by atoms with Gasteiger partial charge in [-0.1, -0.05) is 0 Å². The number of hydrogen-bond donors (Lipinski definition) is 1. The summed E-state index contributed by atoms with van der Waals surface area (Å²) in [6.45, 7) is 9.01. The van der Waals surface area contributed by atoms with E-state index in [0.717, 1.165) is 6.42 Å². The summed E-state index contributed by atoms with van der Waals surface area (Å²) in [5.74, 6) is 0.114. The molecule has 2 saturated heterocycles. The zero-order chi connectivity index (χ0) is 14.9. The second-order valence-corrected chi connectivity index (χ2v) is 6.46. The highest BCUT2D eigenvalue weighted by Gasteiger charge is 2.45. The first-order chi connectivity index (χ1) is 9.30. The molecular formula is C14H24N2O4. The highest BCUT2D eigenvalue weighted by Crippen LogP contribution is 2.29. The van der Waals surface area contributed by atoms with Crippen molar-refractivity contribution in [3.05, 3.63) is 0 Å². The van der Waals surface area contributed by atoms with E-state index >= 15 is 0 Å². The Morgan fingerprint density at radius 2 is 2.00 bits per heavy atom. The summed E-state index contributed by atoms with van der Waals surface area (Å²) in [5, 5.41) is 3.26. The van der Waals surface area contributed by atoms with Crippen LogP contribution in [0.25, 0.3) is 0 Å².